The van der Waals surface area contributed by atoms with Crippen LogP contribution in [0.1, 0.15) is 36.2 Å². The van der Waals surface area contributed by atoms with Gasteiger partial charge in [0.2, 0.25) is 15.9 Å². The van der Waals surface area contributed by atoms with Gasteiger partial charge in [-0.25, -0.2) is 8.42 Å². The van der Waals surface area contributed by atoms with Gasteiger partial charge in [-0.15, -0.1) is 0 Å². The third kappa shape index (κ3) is 5.27. The Morgan fingerprint density at radius 1 is 1.26 bits per heavy atom. The lowest BCUT2D eigenvalue weighted by molar-refractivity contribution is -0.122. The Morgan fingerprint density at radius 3 is 2.56 bits per heavy atom. The summed E-state index contributed by atoms with van der Waals surface area (Å²) in [6.07, 6.45) is 0.799. The molecule has 2 rings (SSSR count). The number of hydrogen-bond acceptors (Lipinski definition) is 5. The van der Waals surface area contributed by atoms with Crippen LogP contribution in [0.4, 0.5) is 0 Å². The molecule has 0 bridgehead atoms. The van der Waals surface area contributed by atoms with E-state index in [9.17, 15) is 18.0 Å². The Balaban J connectivity index is 2.18. The van der Waals surface area contributed by atoms with Gasteiger partial charge >= 0.3 is 0 Å². The van der Waals surface area contributed by atoms with Crippen molar-refractivity contribution in [2.45, 2.75) is 38.1 Å². The number of amides is 2. The van der Waals surface area contributed by atoms with Gasteiger partial charge in [0.1, 0.15) is 6.04 Å². The first kappa shape index (κ1) is 21.3. The van der Waals surface area contributed by atoms with Gasteiger partial charge in [0, 0.05) is 25.2 Å². The zero-order valence-electron chi connectivity index (χ0n) is 15.9. The van der Waals surface area contributed by atoms with E-state index in [1.807, 2.05) is 6.92 Å². The largest absolute Gasteiger partial charge is 0.379 e. The summed E-state index contributed by atoms with van der Waals surface area (Å²) < 4.78 is 32.4. The maximum absolute atomic E-state index is 12.9. The molecule has 2 amide bonds. The second-order valence-electron chi connectivity index (χ2n) is 6.48. The van der Waals surface area contributed by atoms with Gasteiger partial charge in [0.25, 0.3) is 5.91 Å². The molecular formula is C18H27N3O5S. The van der Waals surface area contributed by atoms with Crippen molar-refractivity contribution in [1.82, 2.24) is 14.9 Å². The highest BCUT2D eigenvalue weighted by atomic mass is 32.2. The van der Waals surface area contributed by atoms with Crippen molar-refractivity contribution in [2.75, 3.05) is 32.8 Å². The van der Waals surface area contributed by atoms with E-state index in [0.29, 0.717) is 25.3 Å². The fourth-order valence-corrected chi connectivity index (χ4v) is 4.35. The summed E-state index contributed by atoms with van der Waals surface area (Å²) >= 11 is 0. The summed E-state index contributed by atoms with van der Waals surface area (Å²) in [5.41, 5.74) is 0.759. The van der Waals surface area contributed by atoms with Crippen molar-refractivity contribution in [3.63, 3.8) is 0 Å². The molecule has 27 heavy (non-hydrogen) atoms. The minimum Gasteiger partial charge on any atom is -0.379 e. The highest BCUT2D eigenvalue weighted by Crippen LogP contribution is 2.22. The smallest absolute Gasteiger partial charge is 0.251 e. The average Bonchev–Trinajstić information content (AvgIpc) is 2.66. The van der Waals surface area contributed by atoms with Crippen molar-refractivity contribution in [2.24, 2.45) is 0 Å². The van der Waals surface area contributed by atoms with Crippen molar-refractivity contribution in [3.8, 4) is 0 Å². The van der Waals surface area contributed by atoms with Crippen LogP contribution in [-0.2, 0) is 19.6 Å². The molecule has 1 saturated heterocycles. The number of hydrogen-bond donors (Lipinski definition) is 2. The second kappa shape index (κ2) is 9.29. The van der Waals surface area contributed by atoms with Crippen molar-refractivity contribution in [3.05, 3.63) is 29.3 Å². The van der Waals surface area contributed by atoms with Crippen LogP contribution in [0.15, 0.2) is 23.1 Å². The van der Waals surface area contributed by atoms with E-state index in [0.717, 1.165) is 6.42 Å². The molecule has 0 aliphatic carbocycles. The number of sulfonamides is 1. The van der Waals surface area contributed by atoms with Gasteiger partial charge in [0.15, 0.2) is 0 Å². The molecule has 1 atom stereocenters. The fourth-order valence-electron chi connectivity index (χ4n) is 2.69. The molecule has 9 heteroatoms. The lowest BCUT2D eigenvalue weighted by Gasteiger charge is -2.26. The summed E-state index contributed by atoms with van der Waals surface area (Å²) in [6.45, 7) is 7.02. The number of benzene rings is 1. The minimum absolute atomic E-state index is 0.0973. The standard InChI is InChI=1S/C18H27N3O5S/c1-4-7-19-17(22)14(3)20-18(23)15-6-5-13(2)16(12-15)27(24,25)21-8-10-26-11-9-21/h5-6,12,14H,4,7-11H2,1-3H3,(H,19,22)(H,20,23)/t14-/m0/s1. The molecule has 1 aliphatic heterocycles. The molecule has 1 aromatic carbocycles. The first-order chi connectivity index (χ1) is 12.8. The lowest BCUT2D eigenvalue weighted by atomic mass is 10.1. The number of morpholine rings is 1. The minimum atomic E-state index is -3.71. The number of carbonyl (C=O) groups is 2. The molecule has 1 aromatic rings. The highest BCUT2D eigenvalue weighted by Gasteiger charge is 2.28. The summed E-state index contributed by atoms with van der Waals surface area (Å²) in [4.78, 5) is 24.5. The number of aryl methyl sites for hydroxylation is 1. The SMILES string of the molecule is CCCNC(=O)[C@H](C)NC(=O)c1ccc(C)c(S(=O)(=O)N2CCOCC2)c1. The molecule has 0 spiro atoms. The molecule has 0 saturated carbocycles. The van der Waals surface area contributed by atoms with Crippen LogP contribution in [0.3, 0.4) is 0 Å². The van der Waals surface area contributed by atoms with E-state index in [-0.39, 0.29) is 29.5 Å². The molecule has 1 aliphatic rings. The van der Waals surface area contributed by atoms with E-state index >= 15 is 0 Å². The average molecular weight is 397 g/mol. The van der Waals surface area contributed by atoms with Crippen molar-refractivity contribution in [1.29, 1.82) is 0 Å². The Bertz CT molecular complexity index is 788. The molecule has 150 valence electrons. The zero-order chi connectivity index (χ0) is 20.0. The van der Waals surface area contributed by atoms with E-state index in [1.165, 1.54) is 10.4 Å². The summed E-state index contributed by atoms with van der Waals surface area (Å²) in [5, 5.41) is 5.31. The first-order valence-electron chi connectivity index (χ1n) is 9.04. The maximum atomic E-state index is 12.9. The van der Waals surface area contributed by atoms with E-state index < -0.39 is 22.0 Å². The van der Waals surface area contributed by atoms with Crippen LogP contribution in [0.25, 0.3) is 0 Å². The Hall–Kier alpha value is -1.97. The predicted molar refractivity (Wildman–Crippen MR) is 101 cm³/mol. The first-order valence-corrected chi connectivity index (χ1v) is 10.5. The third-order valence-electron chi connectivity index (χ3n) is 4.33. The van der Waals surface area contributed by atoms with Crippen LogP contribution in [-0.4, -0.2) is 63.4 Å². The lowest BCUT2D eigenvalue weighted by Crippen LogP contribution is -2.45. The Kier molecular flexibility index (Phi) is 7.34. The highest BCUT2D eigenvalue weighted by molar-refractivity contribution is 7.89. The Labute approximate surface area is 160 Å². The monoisotopic (exact) mass is 397 g/mol. The van der Waals surface area contributed by atoms with Crippen LogP contribution in [0.5, 0.6) is 0 Å². The zero-order valence-corrected chi connectivity index (χ0v) is 16.8. The van der Waals surface area contributed by atoms with Gasteiger partial charge in [-0.2, -0.15) is 4.31 Å². The molecule has 0 radical (unpaired) electrons. The van der Waals surface area contributed by atoms with Crippen molar-refractivity contribution < 1.29 is 22.7 Å². The van der Waals surface area contributed by atoms with E-state index in [1.54, 1.807) is 26.0 Å². The number of rotatable bonds is 7. The van der Waals surface area contributed by atoms with Gasteiger partial charge in [0.05, 0.1) is 18.1 Å². The van der Waals surface area contributed by atoms with Crippen LogP contribution >= 0.6 is 0 Å². The number of carbonyl (C=O) groups excluding carboxylic acids is 2. The summed E-state index contributed by atoms with van der Waals surface area (Å²) in [6, 6.07) is 3.81. The molecular weight excluding hydrogens is 370 g/mol. The van der Waals surface area contributed by atoms with E-state index in [2.05, 4.69) is 10.6 Å². The number of nitrogens with zero attached hydrogens (tertiary/aromatic N) is 1. The maximum Gasteiger partial charge on any atom is 0.251 e. The van der Waals surface area contributed by atoms with Crippen LogP contribution in [0, 0.1) is 6.92 Å². The summed E-state index contributed by atoms with van der Waals surface area (Å²) in [5.74, 6) is -0.772. The topological polar surface area (TPSA) is 105 Å². The van der Waals surface area contributed by atoms with Crippen molar-refractivity contribution >= 4 is 21.8 Å². The number of ether oxygens (including phenoxy) is 1. The molecule has 1 heterocycles. The van der Waals surface area contributed by atoms with E-state index in [4.69, 9.17) is 4.74 Å². The molecule has 0 aromatic heterocycles. The fraction of sp³-hybridized carbons (Fsp3) is 0.556. The predicted octanol–water partition coefficient (Wildman–Crippen LogP) is 0.660. The normalized spacial score (nSPS) is 16.6. The molecule has 2 N–H and O–H groups in total. The van der Waals surface area contributed by atoms with Crippen LogP contribution < -0.4 is 10.6 Å². The van der Waals surface area contributed by atoms with Gasteiger partial charge in [-0.3, -0.25) is 9.59 Å². The Morgan fingerprint density at radius 2 is 1.93 bits per heavy atom. The molecule has 8 nitrogen and oxygen atoms in total. The summed E-state index contributed by atoms with van der Waals surface area (Å²) in [7, 11) is -3.71. The molecule has 1 fully saturated rings. The molecule has 0 unspecified atom stereocenters. The van der Waals surface area contributed by atoms with Gasteiger partial charge < -0.3 is 15.4 Å². The quantitative estimate of drug-likeness (QED) is 0.703. The second-order valence-corrected chi connectivity index (χ2v) is 8.39. The van der Waals surface area contributed by atoms with Crippen LogP contribution in [0.2, 0.25) is 0 Å². The third-order valence-corrected chi connectivity index (χ3v) is 6.37. The number of nitrogens with one attached hydrogen (secondary N) is 2. The van der Waals surface area contributed by atoms with Gasteiger partial charge in [-0.05, 0) is 38.0 Å². The van der Waals surface area contributed by atoms with Gasteiger partial charge in [-0.1, -0.05) is 13.0 Å².